The van der Waals surface area contributed by atoms with Gasteiger partial charge in [-0.2, -0.15) is 0 Å². The molecule has 9 atom stereocenters. The van der Waals surface area contributed by atoms with E-state index in [9.17, 15) is 29.7 Å². The van der Waals surface area contributed by atoms with Gasteiger partial charge in [-0.3, -0.25) is 14.4 Å². The molecule has 0 saturated carbocycles. The molecule has 0 aromatic rings. The highest BCUT2D eigenvalue weighted by Crippen LogP contribution is 2.30. The number of esters is 1. The zero-order valence-electron chi connectivity index (χ0n) is 22.9. The van der Waals surface area contributed by atoms with E-state index in [-0.39, 0.29) is 23.6 Å². The number of carbonyl (C=O) groups excluding carboxylic acids is 3. The van der Waals surface area contributed by atoms with E-state index in [2.05, 4.69) is 19.2 Å². The van der Waals surface area contributed by atoms with Crippen LogP contribution in [0.25, 0.3) is 0 Å². The monoisotopic (exact) mass is 515 g/mol. The zero-order chi connectivity index (χ0) is 27.4. The predicted octanol–water partition coefficient (Wildman–Crippen LogP) is 2.73. The summed E-state index contributed by atoms with van der Waals surface area (Å²) in [5, 5.41) is 32.3. The molecule has 4 N–H and O–H groups in total. The predicted molar refractivity (Wildman–Crippen MR) is 136 cm³/mol. The van der Waals surface area contributed by atoms with Gasteiger partial charge in [0, 0.05) is 25.8 Å². The molecule has 1 aliphatic rings. The van der Waals surface area contributed by atoms with Gasteiger partial charge in [0.2, 0.25) is 5.91 Å². The Kier molecular flexibility index (Phi) is 14.7. The second kappa shape index (κ2) is 16.3. The van der Waals surface area contributed by atoms with Crippen LogP contribution in [0.1, 0.15) is 92.9 Å². The van der Waals surface area contributed by atoms with E-state index in [1.807, 2.05) is 0 Å². The third kappa shape index (κ3) is 12.1. The van der Waals surface area contributed by atoms with Gasteiger partial charge in [-0.1, -0.05) is 27.7 Å². The van der Waals surface area contributed by atoms with Gasteiger partial charge in [-0.15, -0.1) is 0 Å². The first-order valence-electron chi connectivity index (χ1n) is 13.5. The van der Waals surface area contributed by atoms with Crippen molar-refractivity contribution < 1.29 is 39.2 Å². The standard InChI is InChI=1S/C27H49NO8/c1-16(7-10-22(31)11-8-17(2)13-14-28-26(33)20(5)29)9-12-23(35-21(6)30)15-24-18(3)25(32)19(4)27(34)36-24/h16-20,22-24,27,29,31,34H,7-15H2,1-6H3,(H,28,33)/t16-,17+,18-,19+,20+,22+,23+,24-,27+/m1/s1. The van der Waals surface area contributed by atoms with Crippen molar-refractivity contribution in [1.82, 2.24) is 5.32 Å². The maximum Gasteiger partial charge on any atom is 0.302 e. The van der Waals surface area contributed by atoms with Gasteiger partial charge in [-0.25, -0.2) is 0 Å². The first kappa shape index (κ1) is 32.5. The maximum atomic E-state index is 12.4. The smallest absolute Gasteiger partial charge is 0.302 e. The van der Waals surface area contributed by atoms with Crippen LogP contribution in [0, 0.1) is 23.7 Å². The molecule has 0 aromatic carbocycles. The first-order chi connectivity index (χ1) is 16.8. The normalized spacial score (nSPS) is 26.5. The molecule has 0 aliphatic carbocycles. The largest absolute Gasteiger partial charge is 0.462 e. The van der Waals surface area contributed by atoms with Gasteiger partial charge < -0.3 is 30.1 Å². The average molecular weight is 516 g/mol. The molecule has 9 heteroatoms. The van der Waals surface area contributed by atoms with E-state index >= 15 is 0 Å². The summed E-state index contributed by atoms with van der Waals surface area (Å²) in [6.45, 7) is 10.9. The fourth-order valence-corrected chi connectivity index (χ4v) is 4.58. The second-order valence-corrected chi connectivity index (χ2v) is 10.9. The van der Waals surface area contributed by atoms with E-state index < -0.39 is 36.6 Å². The summed E-state index contributed by atoms with van der Waals surface area (Å²) in [6, 6.07) is 0. The highest BCUT2D eigenvalue weighted by molar-refractivity contribution is 5.84. The summed E-state index contributed by atoms with van der Waals surface area (Å²) < 4.78 is 11.1. The zero-order valence-corrected chi connectivity index (χ0v) is 22.9. The van der Waals surface area contributed by atoms with Gasteiger partial charge in [0.1, 0.15) is 18.0 Å². The lowest BCUT2D eigenvalue weighted by molar-refractivity contribution is -0.210. The molecule has 1 rings (SSSR count). The third-order valence-corrected chi connectivity index (χ3v) is 7.31. The van der Waals surface area contributed by atoms with E-state index in [1.165, 1.54) is 13.8 Å². The fourth-order valence-electron chi connectivity index (χ4n) is 4.58. The van der Waals surface area contributed by atoms with Crippen molar-refractivity contribution in [2.24, 2.45) is 23.7 Å². The van der Waals surface area contributed by atoms with Crippen LogP contribution in [-0.4, -0.2) is 70.2 Å². The lowest BCUT2D eigenvalue weighted by atomic mass is 9.84. The Bertz CT molecular complexity index is 685. The van der Waals surface area contributed by atoms with Crippen molar-refractivity contribution in [2.45, 2.75) is 124 Å². The highest BCUT2D eigenvalue weighted by atomic mass is 16.6. The van der Waals surface area contributed by atoms with E-state index in [0.717, 1.165) is 25.7 Å². The molecule has 0 aromatic heterocycles. The minimum absolute atomic E-state index is 0.0403. The molecule has 1 heterocycles. The highest BCUT2D eigenvalue weighted by Gasteiger charge is 2.40. The van der Waals surface area contributed by atoms with Crippen molar-refractivity contribution >= 4 is 17.7 Å². The number of hydrogen-bond acceptors (Lipinski definition) is 8. The van der Waals surface area contributed by atoms with Gasteiger partial charge in [0.15, 0.2) is 6.29 Å². The molecule has 9 nitrogen and oxygen atoms in total. The fraction of sp³-hybridized carbons (Fsp3) is 0.889. The molecule has 36 heavy (non-hydrogen) atoms. The van der Waals surface area contributed by atoms with Crippen molar-refractivity contribution in [1.29, 1.82) is 0 Å². The van der Waals surface area contributed by atoms with Crippen LogP contribution in [0.4, 0.5) is 0 Å². The molecule has 1 aliphatic heterocycles. The molecule has 210 valence electrons. The van der Waals surface area contributed by atoms with E-state index in [1.54, 1.807) is 13.8 Å². The number of aliphatic hydroxyl groups excluding tert-OH is 3. The summed E-state index contributed by atoms with van der Waals surface area (Å²) >= 11 is 0. The first-order valence-corrected chi connectivity index (χ1v) is 13.5. The molecular weight excluding hydrogens is 466 g/mol. The Morgan fingerprint density at radius 1 is 0.944 bits per heavy atom. The van der Waals surface area contributed by atoms with Crippen molar-refractivity contribution in [3.05, 3.63) is 0 Å². The number of rotatable bonds is 16. The van der Waals surface area contributed by atoms with E-state index in [4.69, 9.17) is 9.47 Å². The topological polar surface area (TPSA) is 142 Å². The van der Waals surface area contributed by atoms with Gasteiger partial charge in [0.25, 0.3) is 0 Å². The Balaban J connectivity index is 2.37. The van der Waals surface area contributed by atoms with Crippen LogP contribution in [0.15, 0.2) is 0 Å². The molecule has 0 bridgehead atoms. The molecule has 1 fully saturated rings. The van der Waals surface area contributed by atoms with Crippen LogP contribution >= 0.6 is 0 Å². The molecule has 1 amide bonds. The van der Waals surface area contributed by atoms with Crippen molar-refractivity contribution in [2.75, 3.05) is 6.54 Å². The van der Waals surface area contributed by atoms with Crippen molar-refractivity contribution in [3.8, 4) is 0 Å². The number of aliphatic hydroxyl groups is 3. The number of ketones is 1. The number of nitrogens with one attached hydrogen (secondary N) is 1. The van der Waals surface area contributed by atoms with Gasteiger partial charge >= 0.3 is 5.97 Å². The van der Waals surface area contributed by atoms with Crippen LogP contribution in [0.5, 0.6) is 0 Å². The lowest BCUT2D eigenvalue weighted by Gasteiger charge is -2.36. The molecule has 0 radical (unpaired) electrons. The molecule has 1 saturated heterocycles. The number of amides is 1. The average Bonchev–Trinajstić information content (AvgIpc) is 2.81. The summed E-state index contributed by atoms with van der Waals surface area (Å²) in [6.07, 6.45) is 2.25. The maximum absolute atomic E-state index is 12.4. The quantitative estimate of drug-likeness (QED) is 0.230. The number of Topliss-reactive ketones (excluding diaryl/α,β-unsaturated/α-hetero) is 1. The second-order valence-electron chi connectivity index (χ2n) is 10.9. The number of carbonyl (C=O) groups is 3. The van der Waals surface area contributed by atoms with Crippen molar-refractivity contribution in [3.63, 3.8) is 0 Å². The van der Waals surface area contributed by atoms with Crippen LogP contribution in [0.3, 0.4) is 0 Å². The molecule has 0 spiro atoms. The van der Waals surface area contributed by atoms with Crippen LogP contribution in [-0.2, 0) is 23.9 Å². The Morgan fingerprint density at radius 3 is 2.06 bits per heavy atom. The Labute approximate surface area is 216 Å². The minimum Gasteiger partial charge on any atom is -0.462 e. The van der Waals surface area contributed by atoms with Crippen LogP contribution in [0.2, 0.25) is 0 Å². The molecular formula is C27H49NO8. The Morgan fingerprint density at radius 2 is 1.50 bits per heavy atom. The summed E-state index contributed by atoms with van der Waals surface area (Å²) in [5.74, 6) is -1.04. The lowest BCUT2D eigenvalue weighted by Crippen LogP contribution is -2.47. The minimum atomic E-state index is -1.14. The van der Waals surface area contributed by atoms with Crippen LogP contribution < -0.4 is 5.32 Å². The summed E-state index contributed by atoms with van der Waals surface area (Å²) in [7, 11) is 0. The van der Waals surface area contributed by atoms with Gasteiger partial charge in [0.05, 0.1) is 18.1 Å². The summed E-state index contributed by atoms with van der Waals surface area (Å²) in [4.78, 5) is 35.4. The number of ether oxygens (including phenoxy) is 2. The molecule has 0 unspecified atom stereocenters. The number of hydrogen-bond donors (Lipinski definition) is 4. The summed E-state index contributed by atoms with van der Waals surface area (Å²) in [5.41, 5.74) is 0. The third-order valence-electron chi connectivity index (χ3n) is 7.31. The Hall–Kier alpha value is -1.55. The van der Waals surface area contributed by atoms with E-state index in [0.29, 0.717) is 44.1 Å². The SMILES string of the molecule is CC(=O)O[C@@H](CC[C@H](C)CC[C@H](O)CC[C@H](C)CCNC(=O)[C@H](C)O)C[C@H]1O[C@H](O)[C@@H](C)C(=O)[C@@H]1C. The van der Waals surface area contributed by atoms with Gasteiger partial charge in [-0.05, 0) is 63.7 Å².